The first-order valence-corrected chi connectivity index (χ1v) is 7.98. The van der Waals surface area contributed by atoms with Gasteiger partial charge in [-0.15, -0.1) is 0 Å². The van der Waals surface area contributed by atoms with Crippen LogP contribution in [0.2, 0.25) is 0 Å². The maximum absolute atomic E-state index is 11.2. The van der Waals surface area contributed by atoms with Crippen molar-refractivity contribution in [3.8, 4) is 5.75 Å². The van der Waals surface area contributed by atoms with Gasteiger partial charge >= 0.3 is 119 Å². The second kappa shape index (κ2) is 7.57. The summed E-state index contributed by atoms with van der Waals surface area (Å²) < 4.78 is 15.9. The molecule has 19 heavy (non-hydrogen) atoms. The van der Waals surface area contributed by atoms with E-state index < -0.39 is 32.6 Å². The van der Waals surface area contributed by atoms with Gasteiger partial charge in [0.05, 0.1) is 0 Å². The van der Waals surface area contributed by atoms with E-state index in [1.165, 1.54) is 0 Å². The Bertz CT molecular complexity index is 458. The summed E-state index contributed by atoms with van der Waals surface area (Å²) in [7, 11) is 1.54. The van der Waals surface area contributed by atoms with E-state index in [0.717, 1.165) is 12.2 Å². The van der Waals surface area contributed by atoms with E-state index in [0.29, 0.717) is 9.32 Å². The van der Waals surface area contributed by atoms with E-state index in [4.69, 9.17) is 10.9 Å². The molecular weight excluding hydrogens is 363 g/mol. The van der Waals surface area contributed by atoms with Gasteiger partial charge in [0.15, 0.2) is 0 Å². The number of methoxy groups -OCH3 is 1. The average Bonchev–Trinajstić information content (AvgIpc) is 2.46. The third kappa shape index (κ3) is 4.74. The van der Waals surface area contributed by atoms with Crippen LogP contribution < -0.4 is 4.74 Å². The number of benzene rings is 1. The van der Waals surface area contributed by atoms with Gasteiger partial charge in [0, 0.05) is 0 Å². The van der Waals surface area contributed by atoms with E-state index >= 15 is 0 Å². The number of ether oxygens (including phenoxy) is 1. The van der Waals surface area contributed by atoms with E-state index in [1.807, 2.05) is 0 Å². The van der Waals surface area contributed by atoms with Crippen molar-refractivity contribution in [2.24, 2.45) is 0 Å². The molecule has 1 aromatic carbocycles. The van der Waals surface area contributed by atoms with E-state index in [9.17, 15) is 9.59 Å². The zero-order chi connectivity index (χ0) is 14.3. The first-order valence-electron chi connectivity index (χ1n) is 5.14. The zero-order valence-electron chi connectivity index (χ0n) is 10.3. The molecule has 0 aliphatic heterocycles. The van der Waals surface area contributed by atoms with Crippen molar-refractivity contribution in [1.29, 1.82) is 0 Å². The van der Waals surface area contributed by atoms with Gasteiger partial charge in [-0.25, -0.2) is 0 Å². The van der Waals surface area contributed by atoms with Crippen LogP contribution in [0.4, 0.5) is 0 Å². The van der Waals surface area contributed by atoms with Crippen molar-refractivity contribution < 1.29 is 20.5 Å². The Morgan fingerprint density at radius 3 is 1.89 bits per heavy atom. The average molecular weight is 376 g/mol. The van der Waals surface area contributed by atoms with Gasteiger partial charge in [-0.05, 0) is 0 Å². The number of carbonyl (C=O) groups is 2. The molecule has 102 valence electrons. The van der Waals surface area contributed by atoms with Crippen molar-refractivity contribution in [1.82, 2.24) is 0 Å². The van der Waals surface area contributed by atoms with Gasteiger partial charge in [0.1, 0.15) is 0 Å². The van der Waals surface area contributed by atoms with Gasteiger partial charge in [-0.2, -0.15) is 0 Å². The van der Waals surface area contributed by atoms with Crippen molar-refractivity contribution in [2.45, 2.75) is 0 Å². The summed E-state index contributed by atoms with van der Waals surface area (Å²) in [5, 5.41) is 0. The predicted octanol–water partition coefficient (Wildman–Crippen LogP) is 2.66. The monoisotopic (exact) mass is 376 g/mol. The van der Waals surface area contributed by atoms with E-state index in [-0.39, 0.29) is 0 Å². The molecule has 0 aliphatic carbocycles. The molecule has 1 rings (SSSR count). The molecule has 0 spiro atoms. The second-order valence-electron chi connectivity index (χ2n) is 3.08. The minimum atomic E-state index is -2.87. The topological polar surface area (TPSA) is 61.8 Å². The summed E-state index contributed by atoms with van der Waals surface area (Å²) in [4.78, 5) is 22.5. The number of carbonyl (C=O) groups excluding carboxylic acids is 2. The molecule has 0 fully saturated rings. The van der Waals surface area contributed by atoms with Gasteiger partial charge in [-0.3, -0.25) is 0 Å². The molecule has 0 atom stereocenters. The quantitative estimate of drug-likeness (QED) is 0.564. The molecule has 0 N–H and O–H groups in total. The number of rotatable bonds is 6. The number of hydrogen-bond donors (Lipinski definition) is 0. The molecule has 0 heterocycles. The Morgan fingerprint density at radius 2 is 1.53 bits per heavy atom. The van der Waals surface area contributed by atoms with Gasteiger partial charge in [0.2, 0.25) is 0 Å². The van der Waals surface area contributed by atoms with Crippen LogP contribution in [0.3, 0.4) is 0 Å². The molecule has 5 nitrogen and oxygen atoms in total. The third-order valence-corrected chi connectivity index (χ3v) is 5.26. The molecule has 0 radical (unpaired) electrons. The van der Waals surface area contributed by atoms with Gasteiger partial charge in [-0.1, -0.05) is 0 Å². The molecule has 6 heteroatoms. The molecular formula is C13H13IO5. The summed E-state index contributed by atoms with van der Waals surface area (Å²) in [5.41, 5.74) is 0. The Morgan fingerprint density at radius 1 is 1.05 bits per heavy atom. The van der Waals surface area contributed by atoms with Gasteiger partial charge in [0.25, 0.3) is 0 Å². The first kappa shape index (κ1) is 15.2. The molecule has 0 aromatic heterocycles. The summed E-state index contributed by atoms with van der Waals surface area (Å²) >= 11 is -2.87. The first-order chi connectivity index (χ1) is 9.10. The summed E-state index contributed by atoms with van der Waals surface area (Å²) in [6.45, 7) is 6.61. The maximum atomic E-state index is 11.2. The number of hydrogen-bond acceptors (Lipinski definition) is 5. The molecule has 0 saturated heterocycles. The molecule has 0 unspecified atom stereocenters. The Kier molecular flexibility index (Phi) is 6.07. The van der Waals surface area contributed by atoms with Gasteiger partial charge < -0.3 is 0 Å². The van der Waals surface area contributed by atoms with E-state index in [2.05, 4.69) is 13.2 Å². The van der Waals surface area contributed by atoms with Crippen molar-refractivity contribution in [3.63, 3.8) is 0 Å². The summed E-state index contributed by atoms with van der Waals surface area (Å²) in [6, 6.07) is 6.78. The van der Waals surface area contributed by atoms with Crippen LogP contribution in [0.25, 0.3) is 0 Å². The fourth-order valence-corrected chi connectivity index (χ4v) is 3.67. The van der Waals surface area contributed by atoms with Crippen molar-refractivity contribution in [2.75, 3.05) is 7.11 Å². The Hall–Kier alpha value is -1.83. The van der Waals surface area contributed by atoms with E-state index in [1.54, 1.807) is 31.4 Å². The Balaban J connectivity index is 2.92. The van der Waals surface area contributed by atoms with Crippen LogP contribution in [0, 0.1) is 3.57 Å². The standard InChI is InChI=1S/C13H13IO5/c1-4-12(15)18-14(19-13(16)5-2)10-6-8-11(17-3)9-7-10/h4-9H,1-2H2,3H3. The zero-order valence-corrected chi connectivity index (χ0v) is 12.5. The fourth-order valence-electron chi connectivity index (χ4n) is 0.980. The summed E-state index contributed by atoms with van der Waals surface area (Å²) in [5.74, 6) is -0.597. The third-order valence-electron chi connectivity index (χ3n) is 1.85. The predicted molar refractivity (Wildman–Crippen MR) is 78.3 cm³/mol. The molecule has 0 amide bonds. The normalized spacial score (nSPS) is 10.1. The van der Waals surface area contributed by atoms with Crippen LogP contribution in [-0.4, -0.2) is 19.0 Å². The SMILES string of the molecule is C=CC(=O)OI(OC(=O)C=C)c1ccc(OC)cc1. The van der Waals surface area contributed by atoms with Crippen LogP contribution in [0.1, 0.15) is 0 Å². The minimum absolute atomic E-state index is 0.627. The Labute approximate surface area is 119 Å². The second-order valence-corrected chi connectivity index (χ2v) is 6.44. The van der Waals surface area contributed by atoms with Crippen LogP contribution in [0.15, 0.2) is 49.6 Å². The molecule has 0 bridgehead atoms. The van der Waals surface area contributed by atoms with Crippen molar-refractivity contribution in [3.05, 3.63) is 53.1 Å². The molecule has 0 saturated carbocycles. The number of halogens is 1. The van der Waals surface area contributed by atoms with Crippen LogP contribution in [-0.2, 0) is 15.7 Å². The van der Waals surface area contributed by atoms with Crippen molar-refractivity contribution >= 4 is 32.6 Å². The van der Waals surface area contributed by atoms with Crippen LogP contribution in [0.5, 0.6) is 5.75 Å². The molecule has 1 aromatic rings. The summed E-state index contributed by atoms with van der Waals surface area (Å²) in [6.07, 6.45) is 2.05. The fraction of sp³-hybridized carbons (Fsp3) is 0.0769. The van der Waals surface area contributed by atoms with Crippen LogP contribution >= 0.6 is 20.6 Å². The molecule has 0 aliphatic rings.